The predicted molar refractivity (Wildman–Crippen MR) is 56.5 cm³/mol. The maximum absolute atomic E-state index is 11.2. The molecule has 15 heavy (non-hydrogen) atoms. The number of hydrogen-bond donors (Lipinski definition) is 0. The van der Waals surface area contributed by atoms with E-state index in [1.807, 2.05) is 0 Å². The van der Waals surface area contributed by atoms with Gasteiger partial charge in [0.15, 0.2) is 0 Å². The molecule has 5 heteroatoms. The molecule has 0 heterocycles. The number of hydrogen-bond acceptors (Lipinski definition) is 3. The summed E-state index contributed by atoms with van der Waals surface area (Å²) in [5.74, 6) is 0.198. The number of benzene rings is 1. The van der Waals surface area contributed by atoms with E-state index in [0.29, 0.717) is 19.3 Å². The Morgan fingerprint density at radius 3 is 2.53 bits per heavy atom. The molecule has 0 N–H and O–H groups in total. The highest BCUT2D eigenvalue weighted by molar-refractivity contribution is 8.13. The van der Waals surface area contributed by atoms with Crippen LogP contribution in [0.25, 0.3) is 0 Å². The van der Waals surface area contributed by atoms with E-state index in [4.69, 9.17) is 10.7 Å². The molecule has 1 aromatic carbocycles. The van der Waals surface area contributed by atoms with Crippen molar-refractivity contribution in [1.82, 2.24) is 0 Å². The van der Waals surface area contributed by atoms with E-state index in [1.54, 1.807) is 12.1 Å². The average molecular weight is 245 g/mol. The first kappa shape index (κ1) is 10.6. The lowest BCUT2D eigenvalue weighted by Gasteiger charge is -2.14. The molecular weight excluding hydrogens is 236 g/mol. The van der Waals surface area contributed by atoms with Gasteiger partial charge >= 0.3 is 0 Å². The van der Waals surface area contributed by atoms with E-state index in [2.05, 4.69) is 0 Å². The summed E-state index contributed by atoms with van der Waals surface area (Å²) in [4.78, 5) is 11.3. The minimum Gasteiger partial charge on any atom is -0.299 e. The molecule has 0 amide bonds. The van der Waals surface area contributed by atoms with Crippen molar-refractivity contribution in [3.05, 3.63) is 29.3 Å². The molecule has 0 fully saturated rings. The summed E-state index contributed by atoms with van der Waals surface area (Å²) in [6.07, 6.45) is 1.49. The van der Waals surface area contributed by atoms with Crippen LogP contribution < -0.4 is 0 Å². The first-order valence-electron chi connectivity index (χ1n) is 4.55. The predicted octanol–water partition coefficient (Wildman–Crippen LogP) is 1.67. The van der Waals surface area contributed by atoms with E-state index < -0.39 is 9.05 Å². The Labute approximate surface area is 92.5 Å². The summed E-state index contributed by atoms with van der Waals surface area (Å²) in [6, 6.07) is 4.67. The topological polar surface area (TPSA) is 51.2 Å². The molecule has 1 aromatic rings. The van der Waals surface area contributed by atoms with E-state index in [1.165, 1.54) is 6.07 Å². The Kier molecular flexibility index (Phi) is 2.56. The molecule has 0 saturated carbocycles. The molecule has 1 aliphatic carbocycles. The Bertz CT molecular complexity index is 519. The fourth-order valence-corrected chi connectivity index (χ4v) is 2.54. The van der Waals surface area contributed by atoms with Crippen molar-refractivity contribution in [2.75, 3.05) is 0 Å². The van der Waals surface area contributed by atoms with E-state index in [9.17, 15) is 13.2 Å². The molecule has 0 unspecified atom stereocenters. The van der Waals surface area contributed by atoms with Gasteiger partial charge in [-0.25, -0.2) is 8.42 Å². The van der Waals surface area contributed by atoms with Crippen molar-refractivity contribution in [3.8, 4) is 0 Å². The van der Waals surface area contributed by atoms with Crippen LogP contribution in [0.4, 0.5) is 0 Å². The summed E-state index contributed by atoms with van der Waals surface area (Å²) in [7, 11) is 1.57. The fraction of sp³-hybridized carbons (Fsp3) is 0.300. The van der Waals surface area contributed by atoms with E-state index in [-0.39, 0.29) is 10.7 Å². The Balaban J connectivity index is 2.48. The number of fused-ring (bicyclic) bond motifs is 1. The lowest BCUT2D eigenvalue weighted by atomic mass is 9.91. The molecule has 2 rings (SSSR count). The summed E-state index contributed by atoms with van der Waals surface area (Å²) in [6.45, 7) is 0. The third-order valence-corrected chi connectivity index (χ3v) is 3.87. The lowest BCUT2D eigenvalue weighted by molar-refractivity contribution is -0.118. The Morgan fingerprint density at radius 1 is 1.13 bits per heavy atom. The van der Waals surface area contributed by atoms with Crippen LogP contribution in [0.3, 0.4) is 0 Å². The monoisotopic (exact) mass is 244 g/mol. The van der Waals surface area contributed by atoms with Crippen LogP contribution in [0, 0.1) is 0 Å². The molecule has 0 saturated heterocycles. The quantitative estimate of drug-likeness (QED) is 0.706. The second kappa shape index (κ2) is 3.61. The largest absolute Gasteiger partial charge is 0.299 e. The van der Waals surface area contributed by atoms with E-state index in [0.717, 1.165) is 11.1 Å². The standard InChI is InChI=1S/C10H9ClO3S/c11-15(13,14)10-4-2-7-5-9(12)3-1-8(7)6-10/h2,4,6H,1,3,5H2. The van der Waals surface area contributed by atoms with Gasteiger partial charge in [-0.15, -0.1) is 0 Å². The van der Waals surface area contributed by atoms with Crippen molar-refractivity contribution in [2.24, 2.45) is 0 Å². The van der Waals surface area contributed by atoms with Gasteiger partial charge in [-0.05, 0) is 29.7 Å². The second-order valence-electron chi connectivity index (χ2n) is 3.58. The van der Waals surface area contributed by atoms with Gasteiger partial charge in [0.2, 0.25) is 0 Å². The number of rotatable bonds is 1. The number of ketones is 1. The van der Waals surface area contributed by atoms with Crippen LogP contribution in [-0.2, 0) is 26.7 Å². The van der Waals surface area contributed by atoms with Gasteiger partial charge in [0.25, 0.3) is 9.05 Å². The molecule has 1 aliphatic rings. The third kappa shape index (κ3) is 2.21. The lowest BCUT2D eigenvalue weighted by Crippen LogP contribution is -2.13. The zero-order valence-corrected chi connectivity index (χ0v) is 9.44. The number of aryl methyl sites for hydroxylation is 1. The molecule has 0 aliphatic heterocycles. The van der Waals surface area contributed by atoms with Gasteiger partial charge in [0, 0.05) is 23.5 Å². The van der Waals surface area contributed by atoms with Gasteiger partial charge in [-0.3, -0.25) is 4.79 Å². The second-order valence-corrected chi connectivity index (χ2v) is 6.15. The average Bonchev–Trinajstić information content (AvgIpc) is 2.15. The Hall–Kier alpha value is -0.870. The van der Waals surface area contributed by atoms with Crippen molar-refractivity contribution < 1.29 is 13.2 Å². The third-order valence-electron chi connectivity index (χ3n) is 2.52. The summed E-state index contributed by atoms with van der Waals surface area (Å²) in [5, 5.41) is 0. The van der Waals surface area contributed by atoms with Crippen LogP contribution in [0.15, 0.2) is 23.1 Å². The van der Waals surface area contributed by atoms with Crippen LogP contribution in [0.2, 0.25) is 0 Å². The van der Waals surface area contributed by atoms with Crippen molar-refractivity contribution in [2.45, 2.75) is 24.2 Å². The molecular formula is C10H9ClO3S. The highest BCUT2D eigenvalue weighted by Crippen LogP contribution is 2.24. The van der Waals surface area contributed by atoms with Gasteiger partial charge in [-0.2, -0.15) is 0 Å². The zero-order valence-electron chi connectivity index (χ0n) is 7.86. The number of Topliss-reactive ketones (excluding diaryl/α,β-unsaturated/α-hetero) is 1. The van der Waals surface area contributed by atoms with Crippen molar-refractivity contribution >= 4 is 25.5 Å². The molecule has 0 atom stereocenters. The molecule has 3 nitrogen and oxygen atoms in total. The molecule has 80 valence electrons. The number of carbonyl (C=O) groups is 1. The summed E-state index contributed by atoms with van der Waals surface area (Å²) < 4.78 is 22.2. The smallest absolute Gasteiger partial charge is 0.261 e. The number of carbonyl (C=O) groups excluding carboxylic acids is 1. The molecule has 0 spiro atoms. The Morgan fingerprint density at radius 2 is 1.87 bits per heavy atom. The summed E-state index contributed by atoms with van der Waals surface area (Å²) >= 11 is 0. The molecule has 0 aromatic heterocycles. The minimum absolute atomic E-state index is 0.109. The molecule has 0 radical (unpaired) electrons. The SMILES string of the molecule is O=C1CCc2cc(S(=O)(=O)Cl)ccc2C1. The van der Waals surface area contributed by atoms with Crippen LogP contribution in [0.5, 0.6) is 0 Å². The van der Waals surface area contributed by atoms with Gasteiger partial charge in [0.1, 0.15) is 5.78 Å². The highest BCUT2D eigenvalue weighted by atomic mass is 35.7. The first-order chi connectivity index (χ1) is 6.97. The van der Waals surface area contributed by atoms with Crippen molar-refractivity contribution in [1.29, 1.82) is 0 Å². The summed E-state index contributed by atoms with van der Waals surface area (Å²) in [5.41, 5.74) is 1.83. The molecule has 0 bridgehead atoms. The minimum atomic E-state index is -3.66. The van der Waals surface area contributed by atoms with Crippen LogP contribution in [-0.4, -0.2) is 14.2 Å². The van der Waals surface area contributed by atoms with Crippen molar-refractivity contribution in [3.63, 3.8) is 0 Å². The maximum Gasteiger partial charge on any atom is 0.261 e. The highest BCUT2D eigenvalue weighted by Gasteiger charge is 2.18. The van der Waals surface area contributed by atoms with E-state index >= 15 is 0 Å². The maximum atomic E-state index is 11.2. The fourth-order valence-electron chi connectivity index (χ4n) is 1.73. The van der Waals surface area contributed by atoms with Crippen LogP contribution >= 0.6 is 10.7 Å². The zero-order chi connectivity index (χ0) is 11.1. The van der Waals surface area contributed by atoms with Gasteiger partial charge in [-0.1, -0.05) is 6.07 Å². The van der Waals surface area contributed by atoms with Gasteiger partial charge < -0.3 is 0 Å². The van der Waals surface area contributed by atoms with Crippen LogP contribution in [0.1, 0.15) is 17.5 Å². The normalized spacial score (nSPS) is 16.2. The van der Waals surface area contributed by atoms with Gasteiger partial charge in [0.05, 0.1) is 4.90 Å². The first-order valence-corrected chi connectivity index (χ1v) is 6.86. The number of halogens is 1.